The van der Waals surface area contributed by atoms with Crippen LogP contribution in [0.2, 0.25) is 5.02 Å². The van der Waals surface area contributed by atoms with Crippen molar-refractivity contribution < 1.29 is 0 Å². The van der Waals surface area contributed by atoms with Crippen molar-refractivity contribution in [3.63, 3.8) is 0 Å². The first-order chi connectivity index (χ1) is 8.79. The summed E-state index contributed by atoms with van der Waals surface area (Å²) in [7, 11) is 0. The number of hydrogen-bond acceptors (Lipinski definition) is 1. The molecule has 86 valence electrons. The van der Waals surface area contributed by atoms with Crippen LogP contribution in [0.5, 0.6) is 0 Å². The first kappa shape index (κ1) is 11.1. The molecule has 0 bridgehead atoms. The molecule has 1 atom stereocenters. The third-order valence-corrected chi connectivity index (χ3v) is 3.47. The molecule has 1 aliphatic carbocycles. The maximum absolute atomic E-state index is 9.48. The molecule has 0 amide bonds. The lowest BCUT2D eigenvalue weighted by atomic mass is 9.89. The molecule has 3 rings (SSSR count). The Morgan fingerprint density at radius 3 is 2.44 bits per heavy atom. The minimum absolute atomic E-state index is 0.259. The molecule has 1 nitrogen and oxygen atoms in total. The molecule has 2 heteroatoms. The van der Waals surface area contributed by atoms with E-state index >= 15 is 0 Å². The highest BCUT2D eigenvalue weighted by Crippen LogP contribution is 2.35. The van der Waals surface area contributed by atoms with Gasteiger partial charge in [0.15, 0.2) is 0 Å². The van der Waals surface area contributed by atoms with E-state index in [4.69, 9.17) is 11.6 Å². The average molecular weight is 252 g/mol. The van der Waals surface area contributed by atoms with E-state index in [1.165, 1.54) is 0 Å². The molecule has 18 heavy (non-hydrogen) atoms. The summed E-state index contributed by atoms with van der Waals surface area (Å²) in [5.74, 6) is -0.259. The predicted molar refractivity (Wildman–Crippen MR) is 74.3 cm³/mol. The maximum Gasteiger partial charge on any atom is 0.0974 e. The van der Waals surface area contributed by atoms with Gasteiger partial charge in [0.2, 0.25) is 0 Å². The molecule has 0 heterocycles. The number of nitrogens with zero attached hydrogens (tertiary/aromatic N) is 1. The summed E-state index contributed by atoms with van der Waals surface area (Å²) in [6.45, 7) is 0. The van der Waals surface area contributed by atoms with E-state index in [1.807, 2.05) is 48.5 Å². The van der Waals surface area contributed by atoms with Crippen LogP contribution in [-0.2, 0) is 0 Å². The molecular weight excluding hydrogens is 242 g/mol. The second-order valence-electron chi connectivity index (χ2n) is 4.30. The Morgan fingerprint density at radius 2 is 1.67 bits per heavy atom. The minimum atomic E-state index is -0.259. The normalized spacial score (nSPS) is 16.3. The van der Waals surface area contributed by atoms with Gasteiger partial charge in [0.25, 0.3) is 0 Å². The van der Waals surface area contributed by atoms with Gasteiger partial charge in [-0.2, -0.15) is 5.26 Å². The van der Waals surface area contributed by atoms with Gasteiger partial charge in [0, 0.05) is 5.02 Å². The quantitative estimate of drug-likeness (QED) is 0.677. The molecule has 0 fully saturated rings. The van der Waals surface area contributed by atoms with Gasteiger partial charge in [-0.05, 0) is 34.4 Å². The Hall–Kier alpha value is -2.04. The lowest BCUT2D eigenvalue weighted by Gasteiger charge is -2.13. The first-order valence-electron chi connectivity index (χ1n) is 5.75. The predicted octanol–water partition coefficient (Wildman–Crippen LogP) is 4.48. The Labute approximate surface area is 111 Å². The van der Waals surface area contributed by atoms with E-state index in [0.717, 1.165) is 22.3 Å². The number of rotatable bonds is 0. The third kappa shape index (κ3) is 1.72. The molecule has 2 aromatic carbocycles. The van der Waals surface area contributed by atoms with Crippen molar-refractivity contribution in [1.82, 2.24) is 0 Å². The zero-order chi connectivity index (χ0) is 12.5. The zero-order valence-corrected chi connectivity index (χ0v) is 10.4. The average Bonchev–Trinajstić information content (AvgIpc) is 2.54. The lowest BCUT2D eigenvalue weighted by Crippen LogP contribution is -2.01. The van der Waals surface area contributed by atoms with Crippen LogP contribution < -0.4 is 0 Å². The molecule has 0 saturated heterocycles. The van der Waals surface area contributed by atoms with Gasteiger partial charge in [-0.25, -0.2) is 0 Å². The smallest absolute Gasteiger partial charge is 0.0974 e. The van der Waals surface area contributed by atoms with Crippen molar-refractivity contribution >= 4 is 23.8 Å². The summed E-state index contributed by atoms with van der Waals surface area (Å²) in [5.41, 5.74) is 4.17. The van der Waals surface area contributed by atoms with Crippen LogP contribution in [0.1, 0.15) is 28.2 Å². The van der Waals surface area contributed by atoms with Gasteiger partial charge < -0.3 is 0 Å². The number of fused-ring (bicyclic) bond motifs is 2. The number of hydrogen-bond donors (Lipinski definition) is 0. The van der Waals surface area contributed by atoms with E-state index < -0.39 is 0 Å². The monoisotopic (exact) mass is 251 g/mol. The van der Waals surface area contributed by atoms with Crippen molar-refractivity contribution in [2.45, 2.75) is 5.92 Å². The molecule has 0 aromatic heterocycles. The highest BCUT2D eigenvalue weighted by Gasteiger charge is 2.20. The number of benzene rings is 2. The standard InChI is InChI=1S/C16H10ClN/c17-13-8-7-12-6-5-11-3-1-2-4-14(11)16(10-18)15(12)9-13/h1-9,16H. The molecule has 0 saturated carbocycles. The molecule has 0 N–H and O–H groups in total. The number of halogens is 1. The third-order valence-electron chi connectivity index (χ3n) is 3.24. The zero-order valence-electron chi connectivity index (χ0n) is 9.60. The van der Waals surface area contributed by atoms with Crippen molar-refractivity contribution in [2.75, 3.05) is 0 Å². The lowest BCUT2D eigenvalue weighted by molar-refractivity contribution is 1.03. The highest BCUT2D eigenvalue weighted by molar-refractivity contribution is 6.30. The Kier molecular flexibility index (Phi) is 2.66. The molecule has 0 aliphatic heterocycles. The molecular formula is C16H10ClN. The van der Waals surface area contributed by atoms with Crippen molar-refractivity contribution in [3.05, 3.63) is 69.7 Å². The van der Waals surface area contributed by atoms with Crippen LogP contribution in [0.25, 0.3) is 12.2 Å². The van der Waals surface area contributed by atoms with E-state index in [1.54, 1.807) is 0 Å². The van der Waals surface area contributed by atoms with Crippen LogP contribution in [0.15, 0.2) is 42.5 Å². The number of nitriles is 1. The summed E-state index contributed by atoms with van der Waals surface area (Å²) in [4.78, 5) is 0. The fourth-order valence-electron chi connectivity index (χ4n) is 2.36. The van der Waals surface area contributed by atoms with Gasteiger partial charge in [-0.1, -0.05) is 54.1 Å². The van der Waals surface area contributed by atoms with Gasteiger partial charge in [0.05, 0.1) is 12.0 Å². The maximum atomic E-state index is 9.48. The SMILES string of the molecule is N#CC1c2ccccc2C=Cc2ccc(Cl)cc21. The minimum Gasteiger partial charge on any atom is -0.197 e. The fourth-order valence-corrected chi connectivity index (χ4v) is 2.54. The Morgan fingerprint density at radius 1 is 0.944 bits per heavy atom. The van der Waals surface area contributed by atoms with E-state index in [0.29, 0.717) is 5.02 Å². The Bertz CT molecular complexity index is 680. The van der Waals surface area contributed by atoms with Crippen LogP contribution in [0.4, 0.5) is 0 Å². The highest BCUT2D eigenvalue weighted by atomic mass is 35.5. The van der Waals surface area contributed by atoms with E-state index in [9.17, 15) is 5.26 Å². The van der Waals surface area contributed by atoms with E-state index in [2.05, 4.69) is 12.1 Å². The molecule has 0 spiro atoms. The summed E-state index contributed by atoms with van der Waals surface area (Å²) in [6, 6.07) is 16.1. The van der Waals surface area contributed by atoms with Gasteiger partial charge in [-0.15, -0.1) is 0 Å². The second kappa shape index (κ2) is 4.33. The van der Waals surface area contributed by atoms with Crippen LogP contribution in [0.3, 0.4) is 0 Å². The summed E-state index contributed by atoms with van der Waals surface area (Å²) >= 11 is 6.05. The topological polar surface area (TPSA) is 23.8 Å². The first-order valence-corrected chi connectivity index (χ1v) is 6.13. The van der Waals surface area contributed by atoms with Crippen LogP contribution in [0, 0.1) is 11.3 Å². The largest absolute Gasteiger partial charge is 0.197 e. The van der Waals surface area contributed by atoms with Crippen LogP contribution >= 0.6 is 11.6 Å². The summed E-state index contributed by atoms with van der Waals surface area (Å²) in [6.07, 6.45) is 4.10. The molecule has 1 unspecified atom stereocenters. The van der Waals surface area contributed by atoms with E-state index in [-0.39, 0.29) is 5.92 Å². The van der Waals surface area contributed by atoms with Gasteiger partial charge in [-0.3, -0.25) is 0 Å². The van der Waals surface area contributed by atoms with Crippen molar-refractivity contribution in [1.29, 1.82) is 5.26 Å². The second-order valence-corrected chi connectivity index (χ2v) is 4.73. The summed E-state index contributed by atoms with van der Waals surface area (Å²) < 4.78 is 0. The van der Waals surface area contributed by atoms with Gasteiger partial charge in [0.1, 0.15) is 0 Å². The molecule has 1 aliphatic rings. The fraction of sp³-hybridized carbons (Fsp3) is 0.0625. The van der Waals surface area contributed by atoms with Crippen molar-refractivity contribution in [2.24, 2.45) is 0 Å². The molecule has 2 aromatic rings. The Balaban J connectivity index is 2.30. The molecule has 0 radical (unpaired) electrons. The van der Waals surface area contributed by atoms with Crippen LogP contribution in [-0.4, -0.2) is 0 Å². The van der Waals surface area contributed by atoms with Crippen molar-refractivity contribution in [3.8, 4) is 6.07 Å². The van der Waals surface area contributed by atoms with Gasteiger partial charge >= 0.3 is 0 Å². The summed E-state index contributed by atoms with van der Waals surface area (Å²) in [5, 5.41) is 10.1.